The number of amides is 3. The Morgan fingerprint density at radius 2 is 1.86 bits per heavy atom. The lowest BCUT2D eigenvalue weighted by atomic mass is 10.1. The van der Waals surface area contributed by atoms with E-state index in [1.54, 1.807) is 32.4 Å². The van der Waals surface area contributed by atoms with Gasteiger partial charge in [0.1, 0.15) is 5.69 Å². The molecule has 1 atom stereocenters. The standard InChI is InChI=1S/C29H33N7O7/c1-34-15-17(11-21(34)29(40)42-4)31-27(38)26-33-24(16-35(26)2)32-25(37)8-6-10-43-23-13-20-19(12-22(23)41-3)28(39)36-9-5-7-18(36)14-30-20/h11-16,18H,5-10H2,1-4H3,(H,31,38)(H,32,37)/t18-/m0/s1. The highest BCUT2D eigenvalue weighted by molar-refractivity contribution is 6.04. The highest BCUT2D eigenvalue weighted by atomic mass is 16.5. The fourth-order valence-corrected chi connectivity index (χ4v) is 5.11. The van der Waals surface area contributed by atoms with Gasteiger partial charge >= 0.3 is 5.97 Å². The van der Waals surface area contributed by atoms with Crippen LogP contribution in [0.5, 0.6) is 11.5 Å². The van der Waals surface area contributed by atoms with Crippen LogP contribution in [0.3, 0.4) is 0 Å². The second-order valence-electron chi connectivity index (χ2n) is 10.2. The molecule has 5 rings (SSSR count). The average Bonchev–Trinajstić information content (AvgIpc) is 3.69. The van der Waals surface area contributed by atoms with Crippen molar-refractivity contribution in [2.45, 2.75) is 31.7 Å². The molecule has 4 heterocycles. The van der Waals surface area contributed by atoms with E-state index < -0.39 is 11.9 Å². The molecule has 14 heteroatoms. The minimum Gasteiger partial charge on any atom is -0.493 e. The molecule has 3 aromatic rings. The number of aliphatic imine (C=N–C) groups is 1. The molecule has 1 saturated heterocycles. The van der Waals surface area contributed by atoms with Crippen molar-refractivity contribution in [3.05, 3.63) is 47.7 Å². The molecule has 0 radical (unpaired) electrons. The summed E-state index contributed by atoms with van der Waals surface area (Å²) in [5.74, 6) is -0.273. The largest absolute Gasteiger partial charge is 0.493 e. The number of aromatic nitrogens is 3. The molecule has 0 spiro atoms. The van der Waals surface area contributed by atoms with Crippen molar-refractivity contribution in [2.24, 2.45) is 19.1 Å². The number of carbonyl (C=O) groups is 4. The van der Waals surface area contributed by atoms with Crippen molar-refractivity contribution >= 4 is 47.1 Å². The second kappa shape index (κ2) is 12.4. The first-order valence-corrected chi connectivity index (χ1v) is 13.8. The van der Waals surface area contributed by atoms with Crippen molar-refractivity contribution in [3.8, 4) is 11.5 Å². The minimum absolute atomic E-state index is 0.00319. The van der Waals surface area contributed by atoms with E-state index in [-0.39, 0.29) is 48.2 Å². The molecule has 2 aliphatic heterocycles. The minimum atomic E-state index is -0.529. The van der Waals surface area contributed by atoms with Crippen molar-refractivity contribution < 1.29 is 33.4 Å². The lowest BCUT2D eigenvalue weighted by Gasteiger charge is -2.20. The Kier molecular flexibility index (Phi) is 8.46. The number of methoxy groups -OCH3 is 2. The van der Waals surface area contributed by atoms with Crippen LogP contribution in [0.4, 0.5) is 17.2 Å². The topological polar surface area (TPSA) is 158 Å². The van der Waals surface area contributed by atoms with Crippen LogP contribution in [0, 0.1) is 0 Å². The van der Waals surface area contributed by atoms with E-state index in [0.717, 1.165) is 12.8 Å². The van der Waals surface area contributed by atoms with Crippen molar-refractivity contribution in [3.63, 3.8) is 0 Å². The third kappa shape index (κ3) is 6.22. The quantitative estimate of drug-likeness (QED) is 0.269. The van der Waals surface area contributed by atoms with Gasteiger partial charge in [0.05, 0.1) is 43.8 Å². The number of esters is 1. The van der Waals surface area contributed by atoms with Gasteiger partial charge in [-0.05, 0) is 31.4 Å². The number of imidazole rings is 1. The molecule has 1 aromatic carbocycles. The lowest BCUT2D eigenvalue weighted by Crippen LogP contribution is -2.35. The molecule has 1 fully saturated rings. The third-order valence-corrected chi connectivity index (χ3v) is 7.27. The van der Waals surface area contributed by atoms with Crippen LogP contribution >= 0.6 is 0 Å². The molecule has 0 unspecified atom stereocenters. The molecular weight excluding hydrogens is 558 g/mol. The summed E-state index contributed by atoms with van der Waals surface area (Å²) in [5, 5.41) is 5.38. The van der Waals surface area contributed by atoms with Gasteiger partial charge in [-0.2, -0.15) is 0 Å². The van der Waals surface area contributed by atoms with Gasteiger partial charge in [0.2, 0.25) is 11.7 Å². The van der Waals surface area contributed by atoms with E-state index in [2.05, 4.69) is 20.6 Å². The van der Waals surface area contributed by atoms with Gasteiger partial charge < -0.3 is 38.9 Å². The molecule has 0 saturated carbocycles. The van der Waals surface area contributed by atoms with E-state index >= 15 is 0 Å². The number of nitrogens with zero attached hydrogens (tertiary/aromatic N) is 5. The highest BCUT2D eigenvalue weighted by Gasteiger charge is 2.32. The summed E-state index contributed by atoms with van der Waals surface area (Å²) < 4.78 is 19.1. The summed E-state index contributed by atoms with van der Waals surface area (Å²) in [5.41, 5.74) is 1.67. The van der Waals surface area contributed by atoms with Crippen LogP contribution in [0.25, 0.3) is 0 Å². The van der Waals surface area contributed by atoms with Gasteiger partial charge in [-0.25, -0.2) is 9.78 Å². The summed E-state index contributed by atoms with van der Waals surface area (Å²) in [6, 6.07) is 4.84. The Bertz CT molecular complexity index is 1610. The molecule has 2 aromatic heterocycles. The molecule has 43 heavy (non-hydrogen) atoms. The number of hydrogen-bond donors (Lipinski definition) is 2. The predicted octanol–water partition coefficient (Wildman–Crippen LogP) is 2.92. The first-order valence-electron chi connectivity index (χ1n) is 13.8. The van der Waals surface area contributed by atoms with Gasteiger partial charge in [0, 0.05) is 51.7 Å². The van der Waals surface area contributed by atoms with Crippen LogP contribution < -0.4 is 20.1 Å². The lowest BCUT2D eigenvalue weighted by molar-refractivity contribution is -0.116. The number of rotatable bonds is 10. The van der Waals surface area contributed by atoms with Gasteiger partial charge in [-0.1, -0.05) is 0 Å². The van der Waals surface area contributed by atoms with E-state index in [1.165, 1.54) is 35.6 Å². The monoisotopic (exact) mass is 591 g/mol. The summed E-state index contributed by atoms with van der Waals surface area (Å²) in [6.07, 6.45) is 7.29. The summed E-state index contributed by atoms with van der Waals surface area (Å²) >= 11 is 0. The number of carbonyl (C=O) groups excluding carboxylic acids is 4. The number of fused-ring (bicyclic) bond motifs is 2. The zero-order valence-corrected chi connectivity index (χ0v) is 24.4. The molecule has 0 bridgehead atoms. The Hall–Kier alpha value is -5.14. The van der Waals surface area contributed by atoms with Gasteiger partial charge in [0.25, 0.3) is 11.8 Å². The summed E-state index contributed by atoms with van der Waals surface area (Å²) in [7, 11) is 6.07. The first-order chi connectivity index (χ1) is 20.7. The molecule has 226 valence electrons. The molecule has 14 nitrogen and oxygen atoms in total. The number of hydrogen-bond acceptors (Lipinski definition) is 9. The smallest absolute Gasteiger partial charge is 0.354 e. The van der Waals surface area contributed by atoms with Crippen molar-refractivity contribution in [1.82, 2.24) is 19.0 Å². The fraction of sp³-hybridized carbons (Fsp3) is 0.379. The Morgan fingerprint density at radius 3 is 2.63 bits per heavy atom. The normalized spacial score (nSPS) is 15.4. The number of ether oxygens (including phenoxy) is 3. The van der Waals surface area contributed by atoms with Gasteiger partial charge in [-0.3, -0.25) is 19.4 Å². The molecule has 3 amide bonds. The summed E-state index contributed by atoms with van der Waals surface area (Å²) in [4.78, 5) is 60.8. The van der Waals surface area contributed by atoms with Crippen LogP contribution in [0.2, 0.25) is 0 Å². The zero-order valence-electron chi connectivity index (χ0n) is 24.4. The first kappa shape index (κ1) is 29.4. The number of aryl methyl sites for hydroxylation is 2. The van der Waals surface area contributed by atoms with Crippen LogP contribution in [0.15, 0.2) is 35.6 Å². The van der Waals surface area contributed by atoms with Crippen LogP contribution in [0.1, 0.15) is 57.1 Å². The van der Waals surface area contributed by atoms with Crippen LogP contribution in [-0.2, 0) is 23.6 Å². The Morgan fingerprint density at radius 1 is 1.05 bits per heavy atom. The average molecular weight is 592 g/mol. The van der Waals surface area contributed by atoms with Crippen molar-refractivity contribution in [2.75, 3.05) is 38.0 Å². The number of benzene rings is 1. The van der Waals surface area contributed by atoms with Crippen molar-refractivity contribution in [1.29, 1.82) is 0 Å². The maximum Gasteiger partial charge on any atom is 0.354 e. The molecule has 2 aliphatic rings. The number of nitrogens with one attached hydrogen (secondary N) is 2. The predicted molar refractivity (Wildman–Crippen MR) is 156 cm³/mol. The van der Waals surface area contributed by atoms with E-state index in [0.29, 0.717) is 41.4 Å². The van der Waals surface area contributed by atoms with E-state index in [9.17, 15) is 19.2 Å². The maximum absolute atomic E-state index is 13.0. The van der Waals surface area contributed by atoms with Crippen LogP contribution in [-0.4, -0.2) is 82.3 Å². The van der Waals surface area contributed by atoms with E-state index in [4.69, 9.17) is 14.2 Å². The fourth-order valence-electron chi connectivity index (χ4n) is 5.11. The zero-order chi connectivity index (χ0) is 30.7. The second-order valence-corrected chi connectivity index (χ2v) is 10.2. The van der Waals surface area contributed by atoms with Gasteiger partial charge in [-0.15, -0.1) is 0 Å². The molecule has 2 N–H and O–H groups in total. The van der Waals surface area contributed by atoms with Gasteiger partial charge in [0.15, 0.2) is 17.3 Å². The Labute approximate surface area is 247 Å². The molecular formula is C29H33N7O7. The van der Waals surface area contributed by atoms with E-state index in [1.807, 2.05) is 11.1 Å². The third-order valence-electron chi connectivity index (χ3n) is 7.27. The molecule has 0 aliphatic carbocycles. The maximum atomic E-state index is 13.0. The Balaban J connectivity index is 1.14. The SMILES string of the molecule is COC(=O)c1cc(NC(=O)c2nc(NC(=O)CCCOc3cc4c(cc3OC)C(=O)N3CCC[C@H]3C=N4)cn2C)cn1C. The summed E-state index contributed by atoms with van der Waals surface area (Å²) in [6.45, 7) is 0.924. The number of anilines is 2. The highest BCUT2D eigenvalue weighted by Crippen LogP contribution is 2.38.